The van der Waals surface area contributed by atoms with Crippen molar-refractivity contribution in [2.24, 2.45) is 5.92 Å². The van der Waals surface area contributed by atoms with Crippen LogP contribution in [-0.4, -0.2) is 36.3 Å². The lowest BCUT2D eigenvalue weighted by atomic mass is 10.0. The molecule has 1 aromatic rings. The van der Waals surface area contributed by atoms with Gasteiger partial charge in [0.1, 0.15) is 6.61 Å². The van der Waals surface area contributed by atoms with Crippen LogP contribution in [0.1, 0.15) is 31.1 Å². The molecule has 0 aromatic carbocycles. The highest BCUT2D eigenvalue weighted by Crippen LogP contribution is 2.27. The highest BCUT2D eigenvalue weighted by Gasteiger charge is 2.29. The van der Waals surface area contributed by atoms with Gasteiger partial charge in [0.25, 0.3) is 6.43 Å². The first-order valence-corrected chi connectivity index (χ1v) is 6.08. The van der Waals surface area contributed by atoms with Gasteiger partial charge in [-0.3, -0.25) is 0 Å². The van der Waals surface area contributed by atoms with Crippen LogP contribution in [-0.2, 0) is 11.2 Å². The van der Waals surface area contributed by atoms with Crippen LogP contribution in [0.3, 0.4) is 0 Å². The maximum Gasteiger partial charge on any atom is 0.261 e. The number of rotatable bonds is 6. The monoisotopic (exact) mass is 261 g/mol. The normalized spacial score (nSPS) is 24.0. The Morgan fingerprint density at radius 3 is 3.06 bits per heavy atom. The molecule has 2 atom stereocenters. The van der Waals surface area contributed by atoms with Crippen LogP contribution in [0, 0.1) is 5.92 Å². The highest BCUT2D eigenvalue weighted by atomic mass is 19.3. The second kappa shape index (κ2) is 6.19. The van der Waals surface area contributed by atoms with Crippen molar-refractivity contribution in [1.29, 1.82) is 0 Å². The largest absolute Gasteiger partial charge is 0.375 e. The molecule has 1 saturated heterocycles. The molecular weight excluding hydrogens is 244 g/mol. The highest BCUT2D eigenvalue weighted by molar-refractivity contribution is 4.98. The molecule has 102 valence electrons. The molecule has 7 heteroatoms. The predicted octanol–water partition coefficient (Wildman–Crippen LogP) is 1.56. The first-order chi connectivity index (χ1) is 8.66. The van der Waals surface area contributed by atoms with Crippen molar-refractivity contribution in [3.05, 3.63) is 11.7 Å². The van der Waals surface area contributed by atoms with Crippen LogP contribution in [0.25, 0.3) is 0 Å². The maximum atomic E-state index is 11.8. The van der Waals surface area contributed by atoms with Gasteiger partial charge in [0.2, 0.25) is 5.89 Å². The minimum absolute atomic E-state index is 0.105. The van der Waals surface area contributed by atoms with Gasteiger partial charge in [-0.05, 0) is 18.9 Å². The summed E-state index contributed by atoms with van der Waals surface area (Å²) in [5.74, 6) is 1.54. The van der Waals surface area contributed by atoms with Gasteiger partial charge in [0.05, 0.1) is 12.6 Å². The Morgan fingerprint density at radius 2 is 2.39 bits per heavy atom. The average Bonchev–Trinajstić information content (AvgIpc) is 2.92. The van der Waals surface area contributed by atoms with E-state index in [9.17, 15) is 8.78 Å². The summed E-state index contributed by atoms with van der Waals surface area (Å²) in [5, 5.41) is 7.11. The Bertz CT molecular complexity index is 373. The Balaban J connectivity index is 1.79. The quantitative estimate of drug-likeness (QED) is 0.787. The fourth-order valence-corrected chi connectivity index (χ4v) is 2.00. The van der Waals surface area contributed by atoms with E-state index < -0.39 is 13.0 Å². The average molecular weight is 261 g/mol. The summed E-state index contributed by atoms with van der Waals surface area (Å²) in [6.07, 6.45) is -0.966. The van der Waals surface area contributed by atoms with E-state index >= 15 is 0 Å². The van der Waals surface area contributed by atoms with Gasteiger partial charge >= 0.3 is 0 Å². The molecule has 1 aromatic heterocycles. The van der Waals surface area contributed by atoms with Crippen LogP contribution in [0.2, 0.25) is 0 Å². The second-order valence-electron chi connectivity index (χ2n) is 4.46. The molecule has 0 radical (unpaired) electrons. The van der Waals surface area contributed by atoms with Crippen molar-refractivity contribution in [2.75, 3.05) is 19.8 Å². The van der Waals surface area contributed by atoms with E-state index in [1.807, 2.05) is 0 Å². The molecule has 1 N–H and O–H groups in total. The molecule has 0 spiro atoms. The van der Waals surface area contributed by atoms with Crippen molar-refractivity contribution in [2.45, 2.75) is 32.2 Å². The van der Waals surface area contributed by atoms with Crippen LogP contribution in [0.15, 0.2) is 4.52 Å². The van der Waals surface area contributed by atoms with E-state index in [-0.39, 0.29) is 12.6 Å². The molecule has 1 fully saturated rings. The minimum Gasteiger partial charge on any atom is -0.375 e. The standard InChI is InChI=1S/C11H17F2N3O2/c1-7-2-4-14-10(7)11-15-9(16-18-11)3-5-17-6-8(12)13/h7-8,10,14H,2-6H2,1H3. The number of nitrogens with zero attached hydrogens (tertiary/aromatic N) is 2. The van der Waals surface area contributed by atoms with Crippen molar-refractivity contribution in [1.82, 2.24) is 15.5 Å². The molecule has 2 rings (SSSR count). The van der Waals surface area contributed by atoms with Crippen LogP contribution in [0.5, 0.6) is 0 Å². The van der Waals surface area contributed by atoms with Gasteiger partial charge in [0, 0.05) is 6.42 Å². The SMILES string of the molecule is CC1CCNC1c1nc(CCOCC(F)F)no1. The van der Waals surface area contributed by atoms with Crippen molar-refractivity contribution < 1.29 is 18.0 Å². The number of nitrogens with one attached hydrogen (secondary N) is 1. The lowest BCUT2D eigenvalue weighted by Crippen LogP contribution is -2.17. The molecule has 2 heterocycles. The predicted molar refractivity (Wildman–Crippen MR) is 59.3 cm³/mol. The van der Waals surface area contributed by atoms with Crippen LogP contribution < -0.4 is 5.32 Å². The molecule has 5 nitrogen and oxygen atoms in total. The summed E-state index contributed by atoms with van der Waals surface area (Å²) >= 11 is 0. The first kappa shape index (κ1) is 13.4. The summed E-state index contributed by atoms with van der Waals surface area (Å²) in [7, 11) is 0. The third-order valence-electron chi connectivity index (χ3n) is 3.00. The fraction of sp³-hybridized carbons (Fsp3) is 0.818. The van der Waals surface area contributed by atoms with E-state index in [4.69, 9.17) is 9.26 Å². The number of aromatic nitrogens is 2. The van der Waals surface area contributed by atoms with E-state index in [0.717, 1.165) is 13.0 Å². The lowest BCUT2D eigenvalue weighted by Gasteiger charge is -2.09. The summed E-state index contributed by atoms with van der Waals surface area (Å²) in [6, 6.07) is 0.105. The zero-order chi connectivity index (χ0) is 13.0. The van der Waals surface area contributed by atoms with Crippen molar-refractivity contribution in [3.63, 3.8) is 0 Å². The third kappa shape index (κ3) is 3.46. The topological polar surface area (TPSA) is 60.2 Å². The van der Waals surface area contributed by atoms with Gasteiger partial charge in [-0.2, -0.15) is 4.98 Å². The summed E-state index contributed by atoms with van der Waals surface area (Å²) in [5.41, 5.74) is 0. The molecular formula is C11H17F2N3O2. The van der Waals surface area contributed by atoms with Crippen LogP contribution >= 0.6 is 0 Å². The maximum absolute atomic E-state index is 11.8. The second-order valence-corrected chi connectivity index (χ2v) is 4.46. The third-order valence-corrected chi connectivity index (χ3v) is 3.00. The van der Waals surface area contributed by atoms with Gasteiger partial charge in [-0.25, -0.2) is 8.78 Å². The van der Waals surface area contributed by atoms with Gasteiger partial charge in [0.15, 0.2) is 5.82 Å². The Labute approximate surface area is 104 Å². The molecule has 2 unspecified atom stereocenters. The lowest BCUT2D eigenvalue weighted by molar-refractivity contribution is 0.0182. The molecule has 0 bridgehead atoms. The Hall–Kier alpha value is -1.08. The molecule has 18 heavy (non-hydrogen) atoms. The zero-order valence-corrected chi connectivity index (χ0v) is 10.2. The van der Waals surface area contributed by atoms with Gasteiger partial charge < -0.3 is 14.6 Å². The fourth-order valence-electron chi connectivity index (χ4n) is 2.00. The summed E-state index contributed by atoms with van der Waals surface area (Å²) < 4.78 is 33.6. The summed E-state index contributed by atoms with van der Waals surface area (Å²) in [4.78, 5) is 4.25. The molecule has 1 aliphatic rings. The zero-order valence-electron chi connectivity index (χ0n) is 10.2. The summed E-state index contributed by atoms with van der Waals surface area (Å²) in [6.45, 7) is 2.70. The van der Waals surface area contributed by atoms with E-state index in [0.29, 0.717) is 24.1 Å². The minimum atomic E-state index is -2.44. The number of hydrogen-bond acceptors (Lipinski definition) is 5. The van der Waals surface area contributed by atoms with Crippen molar-refractivity contribution >= 4 is 0 Å². The van der Waals surface area contributed by atoms with E-state index in [2.05, 4.69) is 22.4 Å². The van der Waals surface area contributed by atoms with Crippen molar-refractivity contribution in [3.8, 4) is 0 Å². The molecule has 1 aliphatic heterocycles. The number of alkyl halides is 2. The van der Waals surface area contributed by atoms with E-state index in [1.165, 1.54) is 0 Å². The molecule has 0 aliphatic carbocycles. The first-order valence-electron chi connectivity index (χ1n) is 6.08. The number of halogens is 2. The Morgan fingerprint density at radius 1 is 1.56 bits per heavy atom. The number of ether oxygens (including phenoxy) is 1. The Kier molecular flexibility index (Phi) is 4.60. The van der Waals surface area contributed by atoms with Crippen LogP contribution in [0.4, 0.5) is 8.78 Å². The van der Waals surface area contributed by atoms with Gasteiger partial charge in [-0.15, -0.1) is 0 Å². The number of hydrogen-bond donors (Lipinski definition) is 1. The molecule has 0 saturated carbocycles. The smallest absolute Gasteiger partial charge is 0.261 e. The van der Waals surface area contributed by atoms with Gasteiger partial charge in [-0.1, -0.05) is 12.1 Å². The van der Waals surface area contributed by atoms with E-state index in [1.54, 1.807) is 0 Å². The molecule has 0 amide bonds.